The minimum Gasteiger partial charge on any atom is -0.313 e. The van der Waals surface area contributed by atoms with E-state index >= 15 is 0 Å². The highest BCUT2D eigenvalue weighted by Crippen LogP contribution is 2.23. The van der Waals surface area contributed by atoms with Crippen molar-refractivity contribution in [3.63, 3.8) is 0 Å². The summed E-state index contributed by atoms with van der Waals surface area (Å²) in [6, 6.07) is 17.2. The summed E-state index contributed by atoms with van der Waals surface area (Å²) >= 11 is 6.28. The Labute approximate surface area is 120 Å². The smallest absolute Gasteiger partial charge is 0.0440 e. The molecule has 19 heavy (non-hydrogen) atoms. The third kappa shape index (κ3) is 3.82. The fourth-order valence-corrected chi connectivity index (χ4v) is 2.65. The quantitative estimate of drug-likeness (QED) is 0.843. The predicted octanol–water partition coefficient (Wildman–Crippen LogP) is 4.54. The van der Waals surface area contributed by atoms with E-state index in [1.165, 1.54) is 16.7 Å². The maximum atomic E-state index is 6.28. The van der Waals surface area contributed by atoms with Gasteiger partial charge in [-0.3, -0.25) is 0 Å². The van der Waals surface area contributed by atoms with Crippen molar-refractivity contribution in [2.75, 3.05) is 7.05 Å². The highest BCUT2D eigenvalue weighted by atomic mass is 35.5. The van der Waals surface area contributed by atoms with E-state index < -0.39 is 0 Å². The van der Waals surface area contributed by atoms with Crippen LogP contribution in [0, 0.1) is 6.92 Å². The van der Waals surface area contributed by atoms with Crippen LogP contribution in [0.2, 0.25) is 5.02 Å². The van der Waals surface area contributed by atoms with Gasteiger partial charge >= 0.3 is 0 Å². The third-order valence-corrected chi connectivity index (χ3v) is 3.81. The van der Waals surface area contributed by atoms with Gasteiger partial charge in [0.25, 0.3) is 0 Å². The molecule has 2 aromatic carbocycles. The molecule has 1 unspecified atom stereocenters. The number of aryl methyl sites for hydroxylation is 2. The number of hydrogen-bond acceptors (Lipinski definition) is 1. The second kappa shape index (κ2) is 6.74. The Balaban J connectivity index is 2.04. The molecule has 1 N–H and O–H groups in total. The summed E-state index contributed by atoms with van der Waals surface area (Å²) in [5, 5.41) is 4.25. The first-order valence-corrected chi connectivity index (χ1v) is 7.05. The molecular weight excluding hydrogens is 254 g/mol. The summed E-state index contributed by atoms with van der Waals surface area (Å²) in [5.41, 5.74) is 3.76. The van der Waals surface area contributed by atoms with Crippen molar-refractivity contribution >= 4 is 11.6 Å². The lowest BCUT2D eigenvalue weighted by atomic mass is 9.98. The van der Waals surface area contributed by atoms with Crippen LogP contribution in [0.3, 0.4) is 0 Å². The van der Waals surface area contributed by atoms with Gasteiger partial charge in [0.05, 0.1) is 0 Å². The highest BCUT2D eigenvalue weighted by Gasteiger charge is 2.10. The molecule has 0 saturated heterocycles. The third-order valence-electron chi connectivity index (χ3n) is 3.46. The van der Waals surface area contributed by atoms with Gasteiger partial charge in [0.1, 0.15) is 0 Å². The largest absolute Gasteiger partial charge is 0.313 e. The maximum Gasteiger partial charge on any atom is 0.0440 e. The van der Waals surface area contributed by atoms with Gasteiger partial charge in [-0.2, -0.15) is 0 Å². The molecule has 1 atom stereocenters. The molecule has 2 rings (SSSR count). The monoisotopic (exact) mass is 273 g/mol. The van der Waals surface area contributed by atoms with Crippen molar-refractivity contribution in [3.8, 4) is 0 Å². The standard InChI is InChI=1S/C17H20ClN/c1-13-8-9-14(16(18)12-13)10-11-17(19-2)15-6-4-3-5-7-15/h3-9,12,17,19H,10-11H2,1-2H3. The van der Waals surface area contributed by atoms with Crippen molar-refractivity contribution < 1.29 is 0 Å². The van der Waals surface area contributed by atoms with E-state index in [9.17, 15) is 0 Å². The van der Waals surface area contributed by atoms with Crippen molar-refractivity contribution in [2.24, 2.45) is 0 Å². The molecule has 0 heterocycles. The Hall–Kier alpha value is -1.31. The molecule has 0 aliphatic rings. The average Bonchev–Trinajstić information content (AvgIpc) is 2.43. The van der Waals surface area contributed by atoms with Gasteiger partial charge in [0, 0.05) is 11.1 Å². The summed E-state index contributed by atoms with van der Waals surface area (Å²) < 4.78 is 0. The van der Waals surface area contributed by atoms with Gasteiger partial charge in [-0.1, -0.05) is 54.1 Å². The maximum absolute atomic E-state index is 6.28. The Morgan fingerprint density at radius 1 is 1.11 bits per heavy atom. The van der Waals surface area contributed by atoms with Crippen LogP contribution in [0.1, 0.15) is 29.2 Å². The molecule has 0 aromatic heterocycles. The molecule has 2 aromatic rings. The molecule has 100 valence electrons. The summed E-state index contributed by atoms with van der Waals surface area (Å²) in [6.07, 6.45) is 2.03. The normalized spacial score (nSPS) is 12.4. The minimum atomic E-state index is 0.374. The molecule has 0 saturated carbocycles. The molecule has 0 fully saturated rings. The summed E-state index contributed by atoms with van der Waals surface area (Å²) in [4.78, 5) is 0. The molecule has 0 aliphatic carbocycles. The van der Waals surface area contributed by atoms with E-state index in [4.69, 9.17) is 11.6 Å². The lowest BCUT2D eigenvalue weighted by Crippen LogP contribution is -2.17. The fraction of sp³-hybridized carbons (Fsp3) is 0.294. The molecule has 0 spiro atoms. The SMILES string of the molecule is CNC(CCc1ccc(C)cc1Cl)c1ccccc1. The Morgan fingerprint density at radius 2 is 1.84 bits per heavy atom. The van der Waals surface area contributed by atoms with Crippen LogP contribution < -0.4 is 5.32 Å². The van der Waals surface area contributed by atoms with E-state index in [2.05, 4.69) is 48.6 Å². The van der Waals surface area contributed by atoms with Gasteiger partial charge in [0.15, 0.2) is 0 Å². The van der Waals surface area contributed by atoms with E-state index in [1.807, 2.05) is 19.2 Å². The first-order chi connectivity index (χ1) is 9.20. The number of rotatable bonds is 5. The zero-order chi connectivity index (χ0) is 13.7. The lowest BCUT2D eigenvalue weighted by Gasteiger charge is -2.17. The second-order valence-electron chi connectivity index (χ2n) is 4.89. The zero-order valence-electron chi connectivity index (χ0n) is 11.5. The molecule has 0 radical (unpaired) electrons. The van der Waals surface area contributed by atoms with Crippen LogP contribution in [-0.2, 0) is 6.42 Å². The Morgan fingerprint density at radius 3 is 2.47 bits per heavy atom. The van der Waals surface area contributed by atoms with Crippen molar-refractivity contribution in [2.45, 2.75) is 25.8 Å². The number of hydrogen-bond donors (Lipinski definition) is 1. The molecular formula is C17H20ClN. The van der Waals surface area contributed by atoms with Crippen LogP contribution >= 0.6 is 11.6 Å². The Kier molecular flexibility index (Phi) is 5.00. The summed E-state index contributed by atoms with van der Waals surface area (Å²) in [5.74, 6) is 0. The van der Waals surface area contributed by atoms with Crippen LogP contribution in [-0.4, -0.2) is 7.05 Å². The van der Waals surface area contributed by atoms with Gasteiger partial charge < -0.3 is 5.32 Å². The number of halogens is 1. The predicted molar refractivity (Wildman–Crippen MR) is 82.8 cm³/mol. The average molecular weight is 274 g/mol. The summed E-state index contributed by atoms with van der Waals surface area (Å²) in [6.45, 7) is 2.07. The van der Waals surface area contributed by atoms with Crippen molar-refractivity contribution in [3.05, 3.63) is 70.2 Å². The minimum absolute atomic E-state index is 0.374. The van der Waals surface area contributed by atoms with Crippen molar-refractivity contribution in [1.82, 2.24) is 5.32 Å². The molecule has 0 aliphatic heterocycles. The highest BCUT2D eigenvalue weighted by molar-refractivity contribution is 6.31. The molecule has 2 heteroatoms. The second-order valence-corrected chi connectivity index (χ2v) is 5.29. The van der Waals surface area contributed by atoms with Crippen LogP contribution in [0.5, 0.6) is 0 Å². The number of nitrogens with one attached hydrogen (secondary N) is 1. The Bertz CT molecular complexity index is 522. The van der Waals surface area contributed by atoms with Crippen LogP contribution in [0.15, 0.2) is 48.5 Å². The van der Waals surface area contributed by atoms with Gasteiger partial charge in [-0.05, 0) is 49.6 Å². The first kappa shape index (κ1) is 14.1. The molecule has 0 amide bonds. The summed E-state index contributed by atoms with van der Waals surface area (Å²) in [7, 11) is 2.01. The van der Waals surface area contributed by atoms with E-state index in [-0.39, 0.29) is 0 Å². The van der Waals surface area contributed by atoms with Gasteiger partial charge in [0.2, 0.25) is 0 Å². The topological polar surface area (TPSA) is 12.0 Å². The van der Waals surface area contributed by atoms with Crippen LogP contribution in [0.4, 0.5) is 0 Å². The first-order valence-electron chi connectivity index (χ1n) is 6.68. The molecule has 1 nitrogen and oxygen atoms in total. The fourth-order valence-electron chi connectivity index (χ4n) is 2.32. The van der Waals surface area contributed by atoms with E-state index in [0.29, 0.717) is 6.04 Å². The van der Waals surface area contributed by atoms with Crippen LogP contribution in [0.25, 0.3) is 0 Å². The molecule has 0 bridgehead atoms. The van der Waals surface area contributed by atoms with Gasteiger partial charge in [-0.15, -0.1) is 0 Å². The zero-order valence-corrected chi connectivity index (χ0v) is 12.2. The number of benzene rings is 2. The van der Waals surface area contributed by atoms with E-state index in [1.54, 1.807) is 0 Å². The van der Waals surface area contributed by atoms with E-state index in [0.717, 1.165) is 17.9 Å². The van der Waals surface area contributed by atoms with Gasteiger partial charge in [-0.25, -0.2) is 0 Å². The van der Waals surface area contributed by atoms with Crippen molar-refractivity contribution in [1.29, 1.82) is 0 Å². The lowest BCUT2D eigenvalue weighted by molar-refractivity contribution is 0.549.